The Morgan fingerprint density at radius 1 is 1.10 bits per heavy atom. The van der Waals surface area contributed by atoms with Crippen LogP contribution in [-0.2, 0) is 0 Å². The van der Waals surface area contributed by atoms with Crippen molar-refractivity contribution in [1.82, 2.24) is 7.96 Å². The summed E-state index contributed by atoms with van der Waals surface area (Å²) in [6.07, 6.45) is 0. The standard InChI is InChI=1S/C14H11N3OSe2/c1-19-11-5-3-10(4-6-11)15-14(18)9-2-7-12-13(8-9)17-20-16-12/h2-8H,1H3,(H,15,18). The molecule has 0 aliphatic heterocycles. The fourth-order valence-electron chi connectivity index (χ4n) is 1.80. The van der Waals surface area contributed by atoms with Crippen molar-refractivity contribution in [3.05, 3.63) is 48.0 Å². The second kappa shape index (κ2) is 5.90. The number of aromatic nitrogens is 2. The van der Waals surface area contributed by atoms with Gasteiger partial charge in [-0.25, -0.2) is 0 Å². The van der Waals surface area contributed by atoms with Gasteiger partial charge < -0.3 is 0 Å². The molecule has 3 rings (SSSR count). The van der Waals surface area contributed by atoms with Crippen molar-refractivity contribution >= 4 is 57.0 Å². The van der Waals surface area contributed by atoms with Crippen molar-refractivity contribution in [2.75, 3.05) is 5.32 Å². The molecule has 1 N–H and O–H groups in total. The van der Waals surface area contributed by atoms with E-state index in [4.69, 9.17) is 0 Å². The Kier molecular flexibility index (Phi) is 3.99. The molecule has 0 saturated carbocycles. The molecule has 20 heavy (non-hydrogen) atoms. The summed E-state index contributed by atoms with van der Waals surface area (Å²) in [5.74, 6) is 2.05. The molecule has 1 heterocycles. The number of hydrogen-bond acceptors (Lipinski definition) is 3. The molecule has 6 heteroatoms. The van der Waals surface area contributed by atoms with Gasteiger partial charge in [-0.3, -0.25) is 0 Å². The third-order valence-corrected chi connectivity index (χ3v) is 5.59. The summed E-state index contributed by atoms with van der Waals surface area (Å²) in [4.78, 5) is 12.2. The number of benzene rings is 2. The van der Waals surface area contributed by atoms with Crippen molar-refractivity contribution < 1.29 is 4.79 Å². The van der Waals surface area contributed by atoms with E-state index >= 15 is 0 Å². The number of hydrogen-bond donors (Lipinski definition) is 1. The summed E-state index contributed by atoms with van der Waals surface area (Å²) in [6.45, 7) is 0. The number of amides is 1. The monoisotopic (exact) mass is 397 g/mol. The van der Waals surface area contributed by atoms with Crippen LogP contribution >= 0.6 is 0 Å². The molecule has 0 aliphatic carbocycles. The molecule has 0 radical (unpaired) electrons. The summed E-state index contributed by atoms with van der Waals surface area (Å²) in [7, 11) is 0. The molecular formula is C14H11N3OSe2. The van der Waals surface area contributed by atoms with Crippen molar-refractivity contribution in [2.45, 2.75) is 5.82 Å². The summed E-state index contributed by atoms with van der Waals surface area (Å²) in [6, 6.07) is 13.4. The normalized spacial score (nSPS) is 10.7. The van der Waals surface area contributed by atoms with E-state index in [-0.39, 0.29) is 20.9 Å². The molecule has 0 unspecified atom stereocenters. The van der Waals surface area contributed by atoms with Gasteiger partial charge in [0.15, 0.2) is 0 Å². The maximum absolute atomic E-state index is 12.2. The zero-order valence-electron chi connectivity index (χ0n) is 10.7. The van der Waals surface area contributed by atoms with E-state index in [9.17, 15) is 4.79 Å². The van der Waals surface area contributed by atoms with Gasteiger partial charge in [0.1, 0.15) is 0 Å². The molecule has 0 saturated heterocycles. The number of anilines is 1. The van der Waals surface area contributed by atoms with E-state index in [0.717, 1.165) is 16.7 Å². The van der Waals surface area contributed by atoms with Crippen LogP contribution in [0, 0.1) is 0 Å². The summed E-state index contributed by atoms with van der Waals surface area (Å²) in [5.41, 5.74) is 3.14. The van der Waals surface area contributed by atoms with Gasteiger partial charge in [0.2, 0.25) is 0 Å². The molecule has 1 amide bonds. The van der Waals surface area contributed by atoms with Gasteiger partial charge in [-0.15, -0.1) is 0 Å². The average Bonchev–Trinajstić information content (AvgIpc) is 2.95. The van der Waals surface area contributed by atoms with Crippen LogP contribution in [-0.4, -0.2) is 43.8 Å². The number of fused-ring (bicyclic) bond motifs is 1. The van der Waals surface area contributed by atoms with Gasteiger partial charge in [-0.05, 0) is 0 Å². The molecule has 0 fully saturated rings. The van der Waals surface area contributed by atoms with E-state index in [1.54, 1.807) is 12.1 Å². The Morgan fingerprint density at radius 3 is 2.60 bits per heavy atom. The average molecular weight is 395 g/mol. The number of carbonyl (C=O) groups is 1. The van der Waals surface area contributed by atoms with E-state index in [1.165, 1.54) is 4.46 Å². The summed E-state index contributed by atoms with van der Waals surface area (Å²) in [5, 5.41) is 2.90. The molecule has 3 aromatic rings. The van der Waals surface area contributed by atoms with Crippen molar-refractivity contribution in [2.24, 2.45) is 0 Å². The van der Waals surface area contributed by atoms with Gasteiger partial charge in [0.25, 0.3) is 0 Å². The quantitative estimate of drug-likeness (QED) is 0.681. The third kappa shape index (κ3) is 2.84. The maximum atomic E-state index is 12.2. The Bertz CT molecular complexity index is 752. The first kappa shape index (κ1) is 13.5. The van der Waals surface area contributed by atoms with Crippen molar-refractivity contribution in [3.8, 4) is 0 Å². The van der Waals surface area contributed by atoms with Gasteiger partial charge >= 0.3 is 129 Å². The van der Waals surface area contributed by atoms with Crippen molar-refractivity contribution in [1.29, 1.82) is 0 Å². The third-order valence-electron chi connectivity index (χ3n) is 2.86. The van der Waals surface area contributed by atoms with Crippen LogP contribution in [0.4, 0.5) is 5.69 Å². The van der Waals surface area contributed by atoms with Gasteiger partial charge in [-0.2, -0.15) is 0 Å². The van der Waals surface area contributed by atoms with Crippen LogP contribution in [0.3, 0.4) is 0 Å². The molecule has 2 aromatic carbocycles. The topological polar surface area (TPSA) is 54.9 Å². The van der Waals surface area contributed by atoms with E-state index in [0.29, 0.717) is 20.5 Å². The van der Waals surface area contributed by atoms with Gasteiger partial charge in [-0.1, -0.05) is 0 Å². The number of nitrogens with one attached hydrogen (secondary N) is 1. The molecule has 0 bridgehead atoms. The van der Waals surface area contributed by atoms with Crippen LogP contribution in [0.1, 0.15) is 10.4 Å². The molecule has 0 aliphatic rings. The Hall–Kier alpha value is -1.45. The molecule has 100 valence electrons. The van der Waals surface area contributed by atoms with Crippen LogP contribution in [0.15, 0.2) is 42.5 Å². The molecule has 0 spiro atoms. The minimum atomic E-state index is -0.114. The fourth-order valence-corrected chi connectivity index (χ4v) is 3.74. The summed E-state index contributed by atoms with van der Waals surface area (Å²) < 4.78 is 9.87. The zero-order chi connectivity index (χ0) is 13.9. The first-order valence-corrected chi connectivity index (χ1v) is 10.0. The molecule has 0 atom stereocenters. The minimum absolute atomic E-state index is 0.0604. The van der Waals surface area contributed by atoms with E-state index < -0.39 is 0 Å². The van der Waals surface area contributed by atoms with Crippen LogP contribution in [0.25, 0.3) is 11.0 Å². The van der Waals surface area contributed by atoms with Crippen LogP contribution in [0.2, 0.25) is 5.82 Å². The number of carbonyl (C=O) groups excluding carboxylic acids is 1. The summed E-state index contributed by atoms with van der Waals surface area (Å²) >= 11 is 0.421. The predicted octanol–water partition coefficient (Wildman–Crippen LogP) is 1.32. The zero-order valence-corrected chi connectivity index (χ0v) is 14.1. The number of nitrogens with zero attached hydrogens (tertiary/aromatic N) is 2. The molecule has 4 nitrogen and oxygen atoms in total. The van der Waals surface area contributed by atoms with Gasteiger partial charge in [0.05, 0.1) is 0 Å². The fraction of sp³-hybridized carbons (Fsp3) is 0.0714. The Balaban J connectivity index is 1.80. The SMILES string of the molecule is C[Se]c1ccc(NC(=O)c2ccc3n[se]nc3c2)cc1. The first-order chi connectivity index (χ1) is 9.76. The Labute approximate surface area is 129 Å². The first-order valence-electron chi connectivity index (χ1n) is 5.94. The second-order valence-electron chi connectivity index (χ2n) is 4.15. The molecular weight excluding hydrogens is 384 g/mol. The molecule has 1 aromatic heterocycles. The van der Waals surface area contributed by atoms with Crippen molar-refractivity contribution in [3.63, 3.8) is 0 Å². The second-order valence-corrected chi connectivity index (χ2v) is 7.10. The van der Waals surface area contributed by atoms with Crippen LogP contribution < -0.4 is 9.78 Å². The predicted molar refractivity (Wildman–Crippen MR) is 82.1 cm³/mol. The van der Waals surface area contributed by atoms with E-state index in [2.05, 4.69) is 31.2 Å². The Morgan fingerprint density at radius 2 is 1.85 bits per heavy atom. The number of rotatable bonds is 3. The van der Waals surface area contributed by atoms with E-state index in [1.807, 2.05) is 18.2 Å². The van der Waals surface area contributed by atoms with Gasteiger partial charge in [0, 0.05) is 0 Å². The van der Waals surface area contributed by atoms with Crippen LogP contribution in [0.5, 0.6) is 0 Å².